The molecular weight excluding hydrogens is 174 g/mol. The summed E-state index contributed by atoms with van der Waals surface area (Å²) in [6.45, 7) is 13.5. The van der Waals surface area contributed by atoms with Crippen LogP contribution in [0.1, 0.15) is 41.0 Å². The number of ether oxygens (including phenoxy) is 1. The Balaban J connectivity index is 2.50. The summed E-state index contributed by atoms with van der Waals surface area (Å²) >= 11 is 0. The minimum Gasteiger partial charge on any atom is -0.373 e. The maximum Gasteiger partial charge on any atom is 0.0678 e. The molecule has 1 saturated heterocycles. The summed E-state index contributed by atoms with van der Waals surface area (Å²) in [5.74, 6) is 0.785. The van der Waals surface area contributed by atoms with Gasteiger partial charge in [-0.25, -0.2) is 0 Å². The van der Waals surface area contributed by atoms with Crippen LogP contribution in [0, 0.1) is 5.92 Å². The summed E-state index contributed by atoms with van der Waals surface area (Å²) in [7, 11) is 0. The van der Waals surface area contributed by atoms with Crippen LogP contribution >= 0.6 is 0 Å². The second kappa shape index (κ2) is 5.13. The summed E-state index contributed by atoms with van der Waals surface area (Å²) in [5.41, 5.74) is 0. The van der Waals surface area contributed by atoms with Crippen LogP contribution in [0.4, 0.5) is 0 Å². The first kappa shape index (κ1) is 12.0. The van der Waals surface area contributed by atoms with Crippen molar-refractivity contribution in [3.05, 3.63) is 0 Å². The van der Waals surface area contributed by atoms with Crippen molar-refractivity contribution in [2.75, 3.05) is 13.1 Å². The van der Waals surface area contributed by atoms with Gasteiger partial charge in [0, 0.05) is 19.1 Å². The average molecular weight is 199 g/mol. The maximum atomic E-state index is 5.74. The lowest BCUT2D eigenvalue weighted by molar-refractivity contribution is -0.0839. The minimum absolute atomic E-state index is 0.394. The van der Waals surface area contributed by atoms with Gasteiger partial charge >= 0.3 is 0 Å². The Morgan fingerprint density at radius 2 is 1.71 bits per heavy atom. The van der Waals surface area contributed by atoms with E-state index in [0.29, 0.717) is 18.2 Å². The monoisotopic (exact) mass is 199 g/mol. The van der Waals surface area contributed by atoms with E-state index in [0.717, 1.165) is 19.0 Å². The molecule has 0 N–H and O–H groups in total. The maximum absolute atomic E-state index is 5.74. The zero-order valence-corrected chi connectivity index (χ0v) is 10.3. The van der Waals surface area contributed by atoms with Crippen LogP contribution in [0.5, 0.6) is 0 Å². The minimum atomic E-state index is 0.394. The van der Waals surface area contributed by atoms with Gasteiger partial charge in [-0.2, -0.15) is 0 Å². The first-order valence-electron chi connectivity index (χ1n) is 5.94. The van der Waals surface area contributed by atoms with Gasteiger partial charge in [-0.15, -0.1) is 0 Å². The first-order valence-corrected chi connectivity index (χ1v) is 5.94. The lowest BCUT2D eigenvalue weighted by atomic mass is 9.98. The normalized spacial score (nSPS) is 34.1. The van der Waals surface area contributed by atoms with Crippen LogP contribution in [0.15, 0.2) is 0 Å². The number of hydrogen-bond donors (Lipinski definition) is 0. The summed E-state index contributed by atoms with van der Waals surface area (Å²) in [6.07, 6.45) is 2.05. The summed E-state index contributed by atoms with van der Waals surface area (Å²) < 4.78 is 5.74. The highest BCUT2D eigenvalue weighted by molar-refractivity contribution is 4.79. The Labute approximate surface area is 88.6 Å². The van der Waals surface area contributed by atoms with Crippen molar-refractivity contribution < 1.29 is 4.74 Å². The quantitative estimate of drug-likeness (QED) is 0.692. The molecule has 4 atom stereocenters. The van der Waals surface area contributed by atoms with E-state index in [4.69, 9.17) is 4.74 Å². The van der Waals surface area contributed by atoms with Gasteiger partial charge in [0.2, 0.25) is 0 Å². The van der Waals surface area contributed by atoms with Crippen molar-refractivity contribution in [2.45, 2.75) is 59.3 Å². The van der Waals surface area contributed by atoms with Gasteiger partial charge in [0.15, 0.2) is 0 Å². The fourth-order valence-corrected chi connectivity index (χ4v) is 2.25. The molecule has 1 fully saturated rings. The fraction of sp³-hybridized carbons (Fsp3) is 1.00. The molecule has 0 aromatic rings. The second-order valence-corrected chi connectivity index (χ2v) is 4.84. The van der Waals surface area contributed by atoms with E-state index in [2.05, 4.69) is 39.5 Å². The van der Waals surface area contributed by atoms with E-state index in [9.17, 15) is 0 Å². The lowest BCUT2D eigenvalue weighted by Gasteiger charge is -2.40. The number of nitrogens with zero attached hydrogens (tertiary/aromatic N) is 1. The summed E-state index contributed by atoms with van der Waals surface area (Å²) in [6, 6.07) is 0.689. The molecule has 1 aliphatic heterocycles. The molecule has 0 aliphatic carbocycles. The lowest BCUT2D eigenvalue weighted by Crippen LogP contribution is -2.50. The van der Waals surface area contributed by atoms with Crippen molar-refractivity contribution >= 4 is 0 Å². The van der Waals surface area contributed by atoms with Crippen molar-refractivity contribution in [2.24, 2.45) is 5.92 Å². The molecule has 0 bridgehead atoms. The van der Waals surface area contributed by atoms with Gasteiger partial charge in [0.1, 0.15) is 0 Å². The molecule has 0 aromatic carbocycles. The third-order valence-electron chi connectivity index (χ3n) is 3.49. The largest absolute Gasteiger partial charge is 0.373 e. The first-order chi connectivity index (χ1) is 6.54. The van der Waals surface area contributed by atoms with Crippen LogP contribution in [0.25, 0.3) is 0 Å². The SMILES string of the molecule is CCC(C)C(C)N1C[C@@H](C)O[C@@H](C)C1. The molecule has 84 valence electrons. The molecule has 1 heterocycles. The Bertz CT molecular complexity index is 162. The van der Waals surface area contributed by atoms with Gasteiger partial charge in [-0.05, 0) is 26.7 Å². The van der Waals surface area contributed by atoms with E-state index in [1.54, 1.807) is 0 Å². The predicted octanol–water partition coefficient (Wildman–Crippen LogP) is 2.53. The topological polar surface area (TPSA) is 12.5 Å². The Hall–Kier alpha value is -0.0800. The molecule has 0 spiro atoms. The van der Waals surface area contributed by atoms with Crippen LogP contribution in [0.2, 0.25) is 0 Å². The van der Waals surface area contributed by atoms with E-state index < -0.39 is 0 Å². The highest BCUT2D eigenvalue weighted by Gasteiger charge is 2.27. The van der Waals surface area contributed by atoms with Gasteiger partial charge in [0.25, 0.3) is 0 Å². The Kier molecular flexibility index (Phi) is 4.39. The van der Waals surface area contributed by atoms with E-state index in [-0.39, 0.29) is 0 Å². The van der Waals surface area contributed by atoms with Gasteiger partial charge in [-0.3, -0.25) is 4.90 Å². The van der Waals surface area contributed by atoms with Crippen LogP contribution in [-0.4, -0.2) is 36.2 Å². The molecule has 0 saturated carbocycles. The summed E-state index contributed by atoms with van der Waals surface area (Å²) in [4.78, 5) is 2.58. The fourth-order valence-electron chi connectivity index (χ4n) is 2.25. The zero-order valence-electron chi connectivity index (χ0n) is 10.3. The van der Waals surface area contributed by atoms with Crippen molar-refractivity contribution in [3.8, 4) is 0 Å². The highest BCUT2D eigenvalue weighted by Crippen LogP contribution is 2.19. The number of morpholine rings is 1. The van der Waals surface area contributed by atoms with Crippen molar-refractivity contribution in [1.29, 1.82) is 0 Å². The molecule has 14 heavy (non-hydrogen) atoms. The number of hydrogen-bond acceptors (Lipinski definition) is 2. The van der Waals surface area contributed by atoms with E-state index in [1.807, 2.05) is 0 Å². The molecule has 0 radical (unpaired) electrons. The highest BCUT2D eigenvalue weighted by atomic mass is 16.5. The standard InChI is InChI=1S/C12H25NO/c1-6-9(2)12(5)13-7-10(3)14-11(4)8-13/h9-12H,6-8H2,1-5H3/t9?,10-,11+,12?. The smallest absolute Gasteiger partial charge is 0.0678 e. The molecule has 2 nitrogen and oxygen atoms in total. The van der Waals surface area contributed by atoms with Gasteiger partial charge in [-0.1, -0.05) is 20.3 Å². The molecule has 2 unspecified atom stereocenters. The molecule has 2 heteroatoms. The van der Waals surface area contributed by atoms with E-state index in [1.165, 1.54) is 6.42 Å². The molecule has 1 aliphatic rings. The molecule has 1 rings (SSSR count). The van der Waals surface area contributed by atoms with Crippen molar-refractivity contribution in [1.82, 2.24) is 4.90 Å². The van der Waals surface area contributed by atoms with Gasteiger partial charge in [0.05, 0.1) is 12.2 Å². The second-order valence-electron chi connectivity index (χ2n) is 4.84. The molecule has 0 aromatic heterocycles. The summed E-state index contributed by atoms with van der Waals surface area (Å²) in [5, 5.41) is 0. The molecular formula is C12H25NO. The average Bonchev–Trinajstić information content (AvgIpc) is 2.14. The van der Waals surface area contributed by atoms with E-state index >= 15 is 0 Å². The Morgan fingerprint density at radius 3 is 2.14 bits per heavy atom. The van der Waals surface area contributed by atoms with Gasteiger partial charge < -0.3 is 4.74 Å². The third kappa shape index (κ3) is 2.96. The van der Waals surface area contributed by atoms with Crippen LogP contribution in [0.3, 0.4) is 0 Å². The van der Waals surface area contributed by atoms with Crippen LogP contribution < -0.4 is 0 Å². The third-order valence-corrected chi connectivity index (χ3v) is 3.49. The number of rotatable bonds is 3. The molecule has 0 amide bonds. The van der Waals surface area contributed by atoms with Crippen LogP contribution in [-0.2, 0) is 4.74 Å². The predicted molar refractivity (Wildman–Crippen MR) is 60.5 cm³/mol. The Morgan fingerprint density at radius 1 is 1.21 bits per heavy atom. The zero-order chi connectivity index (χ0) is 10.7. The van der Waals surface area contributed by atoms with Crippen molar-refractivity contribution in [3.63, 3.8) is 0 Å².